The van der Waals surface area contributed by atoms with Crippen LogP contribution in [-0.2, 0) is 17.8 Å². The molecule has 8 nitrogen and oxygen atoms in total. The highest BCUT2D eigenvalue weighted by molar-refractivity contribution is 5.94. The Morgan fingerprint density at radius 2 is 2.00 bits per heavy atom. The van der Waals surface area contributed by atoms with Gasteiger partial charge in [-0.15, -0.1) is 0 Å². The summed E-state index contributed by atoms with van der Waals surface area (Å²) in [5, 5.41) is 16.5. The monoisotopic (exact) mass is 423 g/mol. The third-order valence-electron chi connectivity index (χ3n) is 5.87. The molecule has 0 radical (unpaired) electrons. The lowest BCUT2D eigenvalue weighted by molar-refractivity contribution is -0.132. The third-order valence-corrected chi connectivity index (χ3v) is 5.87. The largest absolute Gasteiger partial charge is 0.390 e. The van der Waals surface area contributed by atoms with Crippen LogP contribution in [0.1, 0.15) is 28.4 Å². The number of anilines is 1. The lowest BCUT2D eigenvalue weighted by atomic mass is 10.00. The Kier molecular flexibility index (Phi) is 6.48. The van der Waals surface area contributed by atoms with Crippen molar-refractivity contribution < 1.29 is 14.7 Å². The number of aromatic nitrogens is 1. The van der Waals surface area contributed by atoms with Crippen LogP contribution in [0, 0.1) is 0 Å². The molecule has 164 valence electrons. The molecule has 0 bridgehead atoms. The number of fused-ring (bicyclic) bond motifs is 1. The van der Waals surface area contributed by atoms with Gasteiger partial charge in [-0.3, -0.25) is 19.5 Å². The number of nitrogens with one attached hydrogen (secondary N) is 2. The summed E-state index contributed by atoms with van der Waals surface area (Å²) in [7, 11) is 0. The van der Waals surface area contributed by atoms with Gasteiger partial charge in [-0.2, -0.15) is 0 Å². The van der Waals surface area contributed by atoms with E-state index >= 15 is 0 Å². The van der Waals surface area contributed by atoms with Gasteiger partial charge in [-0.05, 0) is 23.6 Å². The number of benzene rings is 1. The maximum Gasteiger partial charge on any atom is 0.253 e. The zero-order valence-electron chi connectivity index (χ0n) is 17.8. The summed E-state index contributed by atoms with van der Waals surface area (Å²) >= 11 is 0. The van der Waals surface area contributed by atoms with Crippen LogP contribution in [0.5, 0.6) is 0 Å². The number of amides is 2. The second-order valence-electron chi connectivity index (χ2n) is 8.35. The summed E-state index contributed by atoms with van der Waals surface area (Å²) in [6.07, 6.45) is 3.51. The van der Waals surface area contributed by atoms with Gasteiger partial charge in [0.15, 0.2) is 0 Å². The van der Waals surface area contributed by atoms with Crippen LogP contribution in [0.4, 0.5) is 5.69 Å². The summed E-state index contributed by atoms with van der Waals surface area (Å²) in [6, 6.07) is 10.3. The molecule has 1 aromatic heterocycles. The van der Waals surface area contributed by atoms with Gasteiger partial charge in [-0.25, -0.2) is 0 Å². The Morgan fingerprint density at radius 3 is 2.77 bits per heavy atom. The Bertz CT molecular complexity index is 944. The molecule has 0 saturated carbocycles. The van der Waals surface area contributed by atoms with E-state index in [2.05, 4.69) is 38.7 Å². The summed E-state index contributed by atoms with van der Waals surface area (Å²) < 4.78 is 0. The molecule has 31 heavy (non-hydrogen) atoms. The normalized spacial score (nSPS) is 17.4. The number of carbonyl (C=O) groups excluding carboxylic acids is 2. The van der Waals surface area contributed by atoms with Crippen molar-refractivity contribution >= 4 is 17.5 Å². The van der Waals surface area contributed by atoms with Crippen molar-refractivity contribution in [1.29, 1.82) is 0 Å². The minimum atomic E-state index is -0.643. The molecular formula is C23H29N5O3. The van der Waals surface area contributed by atoms with E-state index in [0.29, 0.717) is 25.2 Å². The molecule has 3 heterocycles. The van der Waals surface area contributed by atoms with E-state index in [1.807, 2.05) is 6.07 Å². The van der Waals surface area contributed by atoms with Gasteiger partial charge in [0.05, 0.1) is 23.4 Å². The van der Waals surface area contributed by atoms with E-state index in [-0.39, 0.29) is 24.4 Å². The molecule has 1 atom stereocenters. The van der Waals surface area contributed by atoms with Crippen molar-refractivity contribution in [3.8, 4) is 0 Å². The van der Waals surface area contributed by atoms with Crippen LogP contribution < -0.4 is 10.6 Å². The number of β-amino-alcohol motifs (C(OH)–C–C–N with tert-alkyl or cyclic N) is 1. The molecule has 1 fully saturated rings. The first-order valence-electron chi connectivity index (χ1n) is 10.7. The molecule has 2 amide bonds. The van der Waals surface area contributed by atoms with Gasteiger partial charge >= 0.3 is 0 Å². The van der Waals surface area contributed by atoms with Crippen LogP contribution in [0.25, 0.3) is 0 Å². The van der Waals surface area contributed by atoms with Crippen molar-refractivity contribution in [2.45, 2.75) is 32.0 Å². The van der Waals surface area contributed by atoms with Crippen LogP contribution in [0.15, 0.2) is 42.7 Å². The van der Waals surface area contributed by atoms with E-state index in [4.69, 9.17) is 0 Å². The molecule has 2 aliphatic heterocycles. The third kappa shape index (κ3) is 5.39. The Labute approximate surface area is 182 Å². The fraction of sp³-hybridized carbons (Fsp3) is 0.435. The second kappa shape index (κ2) is 9.45. The van der Waals surface area contributed by atoms with Crippen molar-refractivity contribution in [3.05, 3.63) is 59.4 Å². The Morgan fingerprint density at radius 1 is 1.23 bits per heavy atom. The van der Waals surface area contributed by atoms with Gasteiger partial charge in [0.1, 0.15) is 0 Å². The van der Waals surface area contributed by atoms with Crippen molar-refractivity contribution in [2.24, 2.45) is 0 Å². The van der Waals surface area contributed by atoms with E-state index in [0.717, 1.165) is 25.2 Å². The standard InChI is InChI=1S/C23H29N5O3/c1-16(29)28-13-21(14-28)26-20-8-19(9-24-10-20)23(31)25-11-22(30)15-27-7-6-17-4-2-3-5-18(17)12-27/h2-5,8-10,21-22,26,30H,6-7,11-15H2,1H3,(H,25,31). The topological polar surface area (TPSA) is 97.8 Å². The fourth-order valence-electron chi connectivity index (χ4n) is 4.09. The average Bonchev–Trinajstić information content (AvgIpc) is 2.74. The highest BCUT2D eigenvalue weighted by Gasteiger charge is 2.28. The Balaban J connectivity index is 1.23. The molecule has 1 unspecified atom stereocenters. The number of aliphatic hydroxyl groups excluding tert-OH is 1. The number of hydrogen-bond acceptors (Lipinski definition) is 6. The van der Waals surface area contributed by atoms with Crippen LogP contribution in [0.3, 0.4) is 0 Å². The van der Waals surface area contributed by atoms with Gasteiger partial charge in [0, 0.05) is 58.6 Å². The minimum Gasteiger partial charge on any atom is -0.390 e. The molecule has 2 aromatic rings. The average molecular weight is 424 g/mol. The molecular weight excluding hydrogens is 394 g/mol. The summed E-state index contributed by atoms with van der Waals surface area (Å²) in [5.41, 5.74) is 3.86. The maximum atomic E-state index is 12.5. The number of nitrogens with zero attached hydrogens (tertiary/aromatic N) is 3. The molecule has 2 aliphatic rings. The number of pyridine rings is 1. The lowest BCUT2D eigenvalue weighted by Crippen LogP contribution is -2.56. The minimum absolute atomic E-state index is 0.0663. The first kappa shape index (κ1) is 21.3. The molecule has 0 aliphatic carbocycles. The van der Waals surface area contributed by atoms with Gasteiger partial charge < -0.3 is 20.6 Å². The molecule has 3 N–H and O–H groups in total. The van der Waals surface area contributed by atoms with Crippen molar-refractivity contribution in [3.63, 3.8) is 0 Å². The highest BCUT2D eigenvalue weighted by atomic mass is 16.3. The summed E-state index contributed by atoms with van der Waals surface area (Å²) in [5.74, 6) is -0.199. The molecule has 8 heteroatoms. The van der Waals surface area contributed by atoms with Crippen LogP contribution in [-0.4, -0.2) is 76.6 Å². The molecule has 1 aromatic carbocycles. The van der Waals surface area contributed by atoms with Gasteiger partial charge in [0.2, 0.25) is 5.91 Å². The smallest absolute Gasteiger partial charge is 0.253 e. The second-order valence-corrected chi connectivity index (χ2v) is 8.35. The van der Waals surface area contributed by atoms with Crippen molar-refractivity contribution in [2.75, 3.05) is 38.0 Å². The maximum absolute atomic E-state index is 12.5. The van der Waals surface area contributed by atoms with Crippen molar-refractivity contribution in [1.82, 2.24) is 20.1 Å². The van der Waals surface area contributed by atoms with E-state index in [9.17, 15) is 14.7 Å². The molecule has 0 spiro atoms. The SMILES string of the molecule is CC(=O)N1CC(Nc2cncc(C(=O)NCC(O)CN3CCc4ccccc4C3)c2)C1. The molecule has 1 saturated heterocycles. The van der Waals surface area contributed by atoms with Crippen LogP contribution in [0.2, 0.25) is 0 Å². The zero-order valence-corrected chi connectivity index (χ0v) is 17.8. The summed E-state index contributed by atoms with van der Waals surface area (Å²) in [4.78, 5) is 31.9. The number of aliphatic hydroxyl groups is 1. The van der Waals surface area contributed by atoms with Crippen LogP contribution >= 0.6 is 0 Å². The highest BCUT2D eigenvalue weighted by Crippen LogP contribution is 2.19. The van der Waals surface area contributed by atoms with E-state index in [1.54, 1.807) is 24.1 Å². The van der Waals surface area contributed by atoms with Gasteiger partial charge in [0.25, 0.3) is 5.91 Å². The fourth-order valence-corrected chi connectivity index (χ4v) is 4.09. The molecule has 4 rings (SSSR count). The zero-order chi connectivity index (χ0) is 21.8. The first-order valence-corrected chi connectivity index (χ1v) is 10.7. The number of likely N-dealkylation sites (tertiary alicyclic amines) is 1. The quantitative estimate of drug-likeness (QED) is 0.612. The predicted molar refractivity (Wildman–Crippen MR) is 118 cm³/mol. The first-order chi connectivity index (χ1) is 15.0. The number of carbonyl (C=O) groups is 2. The van der Waals surface area contributed by atoms with E-state index in [1.165, 1.54) is 17.3 Å². The number of hydrogen-bond donors (Lipinski definition) is 3. The number of rotatable bonds is 7. The predicted octanol–water partition coefficient (Wildman–Crippen LogP) is 0.873. The lowest BCUT2D eigenvalue weighted by Gasteiger charge is -2.39. The van der Waals surface area contributed by atoms with Gasteiger partial charge in [-0.1, -0.05) is 24.3 Å². The van der Waals surface area contributed by atoms with E-state index < -0.39 is 6.10 Å². The summed E-state index contributed by atoms with van der Waals surface area (Å²) in [6.45, 7) is 5.29. The Hall–Kier alpha value is -2.97.